The van der Waals surface area contributed by atoms with Crippen molar-refractivity contribution in [2.75, 3.05) is 13.1 Å². The highest BCUT2D eigenvalue weighted by Gasteiger charge is 2.17. The summed E-state index contributed by atoms with van der Waals surface area (Å²) in [5.41, 5.74) is 0. The van der Waals surface area contributed by atoms with E-state index < -0.39 is 0 Å². The minimum atomic E-state index is 0.373. The molecule has 0 aliphatic carbocycles. The molecule has 1 unspecified atom stereocenters. The number of rotatable bonds is 2. The third kappa shape index (κ3) is 1.11. The highest BCUT2D eigenvalue weighted by molar-refractivity contribution is 4.94. The van der Waals surface area contributed by atoms with Crippen LogP contribution in [0.5, 0.6) is 0 Å². The van der Waals surface area contributed by atoms with Crippen LogP contribution in [0.15, 0.2) is 12.4 Å². The Morgan fingerprint density at radius 2 is 2.00 bits per heavy atom. The molecule has 58 valence electrons. The maximum atomic E-state index is 7.60. The van der Waals surface area contributed by atoms with Crippen molar-refractivity contribution >= 4 is 0 Å². The van der Waals surface area contributed by atoms with E-state index in [0.29, 0.717) is 12.3 Å². The fraction of sp³-hybridized carbons (Fsp3) is 0.750. The molecule has 2 nitrogen and oxygen atoms in total. The average Bonchev–Trinajstić information content (AvgIpc) is 2.26. The van der Waals surface area contributed by atoms with Crippen molar-refractivity contribution in [3.8, 4) is 0 Å². The highest BCUT2D eigenvalue weighted by atomic mass is 15.4. The summed E-state index contributed by atoms with van der Waals surface area (Å²) in [6.45, 7) is 8.23. The van der Waals surface area contributed by atoms with E-state index in [2.05, 4.69) is 30.6 Å². The molecular formula is C8H16N2. The summed E-state index contributed by atoms with van der Waals surface area (Å²) in [5, 5.41) is 0. The minimum Gasteiger partial charge on any atom is -0.357 e. The van der Waals surface area contributed by atoms with Gasteiger partial charge in [-0.25, -0.2) is 0 Å². The summed E-state index contributed by atoms with van der Waals surface area (Å²) in [4.78, 5) is 4.25. The molecule has 0 spiro atoms. The molecule has 1 atom stereocenters. The lowest BCUT2D eigenvalue weighted by Gasteiger charge is -2.27. The van der Waals surface area contributed by atoms with Crippen LogP contribution in [0.2, 0.25) is 0 Å². The summed E-state index contributed by atoms with van der Waals surface area (Å²) in [6.07, 6.45) is 2.92. The predicted octanol–water partition coefficient (Wildman–Crippen LogP) is 1.46. The van der Waals surface area contributed by atoms with Crippen molar-refractivity contribution in [1.29, 1.82) is 0 Å². The second kappa shape index (κ2) is 2.95. The van der Waals surface area contributed by atoms with Gasteiger partial charge in [-0.2, -0.15) is 0 Å². The molecule has 1 aliphatic rings. The zero-order valence-electron chi connectivity index (χ0n) is 7.96. The second-order valence-electron chi connectivity index (χ2n) is 2.51. The van der Waals surface area contributed by atoms with Crippen LogP contribution < -0.4 is 0 Å². The minimum absolute atomic E-state index is 0.373. The van der Waals surface area contributed by atoms with Crippen molar-refractivity contribution in [1.82, 2.24) is 9.80 Å². The van der Waals surface area contributed by atoms with E-state index in [1.807, 2.05) is 6.20 Å². The van der Waals surface area contributed by atoms with Crippen molar-refractivity contribution in [2.24, 2.45) is 0 Å². The fourth-order valence-corrected chi connectivity index (χ4v) is 1.25. The maximum Gasteiger partial charge on any atom is 0.0977 e. The Labute approximate surface area is 64.5 Å². The molecule has 1 heterocycles. The smallest absolute Gasteiger partial charge is 0.0977 e. The molecule has 0 fully saturated rings. The van der Waals surface area contributed by atoms with Crippen LogP contribution in [-0.4, -0.2) is 29.1 Å². The standard InChI is InChI=1S/C8H16N2/c1-4-9-6-7-10(5-2)8(9)3/h6-8H,4-5H2,1-3H3/i6D. The molecule has 10 heavy (non-hydrogen) atoms. The first-order valence-corrected chi connectivity index (χ1v) is 3.91. The van der Waals surface area contributed by atoms with Crippen LogP contribution in [0.25, 0.3) is 0 Å². The Bertz CT molecular complexity index is 167. The van der Waals surface area contributed by atoms with Crippen LogP contribution in [0.4, 0.5) is 0 Å². The van der Waals surface area contributed by atoms with Gasteiger partial charge in [0.2, 0.25) is 0 Å². The molecule has 1 aliphatic heterocycles. The number of hydrogen-bond acceptors (Lipinski definition) is 2. The zero-order chi connectivity index (χ0) is 8.43. The first-order chi connectivity index (χ1) is 5.20. The number of nitrogens with zero attached hydrogens (tertiary/aromatic N) is 2. The quantitative estimate of drug-likeness (QED) is 0.574. The molecule has 0 N–H and O–H groups in total. The van der Waals surface area contributed by atoms with E-state index in [9.17, 15) is 0 Å². The van der Waals surface area contributed by atoms with Gasteiger partial charge in [-0.05, 0) is 20.8 Å². The van der Waals surface area contributed by atoms with Gasteiger partial charge in [0.25, 0.3) is 0 Å². The van der Waals surface area contributed by atoms with Gasteiger partial charge in [0.05, 0.1) is 7.54 Å². The van der Waals surface area contributed by atoms with Crippen molar-refractivity contribution in [2.45, 2.75) is 26.9 Å². The summed E-state index contributed by atoms with van der Waals surface area (Å²) >= 11 is 0. The molecule has 0 aromatic rings. The van der Waals surface area contributed by atoms with Crippen LogP contribution >= 0.6 is 0 Å². The number of hydrogen-bond donors (Lipinski definition) is 0. The van der Waals surface area contributed by atoms with Gasteiger partial charge in [-0.1, -0.05) is 0 Å². The highest BCUT2D eigenvalue weighted by Crippen LogP contribution is 2.13. The lowest BCUT2D eigenvalue weighted by atomic mass is 10.4. The normalized spacial score (nSPS) is 26.9. The van der Waals surface area contributed by atoms with Gasteiger partial charge in [0.1, 0.15) is 0 Å². The molecule has 0 saturated carbocycles. The van der Waals surface area contributed by atoms with E-state index >= 15 is 0 Å². The van der Waals surface area contributed by atoms with Crippen molar-refractivity contribution in [3.05, 3.63) is 12.4 Å². The van der Waals surface area contributed by atoms with E-state index in [4.69, 9.17) is 1.37 Å². The van der Waals surface area contributed by atoms with Crippen LogP contribution in [0.3, 0.4) is 0 Å². The van der Waals surface area contributed by atoms with E-state index in [0.717, 1.165) is 13.1 Å². The van der Waals surface area contributed by atoms with Gasteiger partial charge in [0.15, 0.2) is 0 Å². The lowest BCUT2D eigenvalue weighted by Crippen LogP contribution is -2.35. The molecule has 1 rings (SSSR count). The summed E-state index contributed by atoms with van der Waals surface area (Å²) in [5.74, 6) is 0. The van der Waals surface area contributed by atoms with Crippen LogP contribution in [-0.2, 0) is 0 Å². The summed E-state index contributed by atoms with van der Waals surface area (Å²) in [6, 6.07) is 0. The Morgan fingerprint density at radius 3 is 2.30 bits per heavy atom. The molecule has 0 aromatic carbocycles. The monoisotopic (exact) mass is 141 g/mol. The van der Waals surface area contributed by atoms with E-state index in [1.54, 1.807) is 0 Å². The Hall–Kier alpha value is -0.660. The fourth-order valence-electron chi connectivity index (χ4n) is 1.25. The van der Waals surface area contributed by atoms with Crippen LogP contribution in [0.1, 0.15) is 22.1 Å². The van der Waals surface area contributed by atoms with Gasteiger partial charge in [0, 0.05) is 25.5 Å². The van der Waals surface area contributed by atoms with Gasteiger partial charge >= 0.3 is 0 Å². The topological polar surface area (TPSA) is 6.48 Å². The molecule has 0 amide bonds. The van der Waals surface area contributed by atoms with E-state index in [1.165, 1.54) is 0 Å². The maximum absolute atomic E-state index is 7.60. The first-order valence-electron chi connectivity index (χ1n) is 4.41. The van der Waals surface area contributed by atoms with Crippen molar-refractivity contribution in [3.63, 3.8) is 0 Å². The van der Waals surface area contributed by atoms with Crippen molar-refractivity contribution < 1.29 is 1.37 Å². The Morgan fingerprint density at radius 1 is 1.40 bits per heavy atom. The molecule has 0 aromatic heterocycles. The molecular weight excluding hydrogens is 124 g/mol. The van der Waals surface area contributed by atoms with E-state index in [-0.39, 0.29) is 0 Å². The summed E-state index contributed by atoms with van der Waals surface area (Å²) in [7, 11) is 0. The van der Waals surface area contributed by atoms with Gasteiger partial charge < -0.3 is 9.80 Å². The van der Waals surface area contributed by atoms with Gasteiger partial charge in [-0.3, -0.25) is 0 Å². The first kappa shape index (κ1) is 6.08. The third-order valence-corrected chi connectivity index (χ3v) is 2.03. The zero-order valence-corrected chi connectivity index (χ0v) is 6.96. The average molecular weight is 141 g/mol. The summed E-state index contributed by atoms with van der Waals surface area (Å²) < 4.78 is 7.60. The Balaban J connectivity index is 2.67. The van der Waals surface area contributed by atoms with Gasteiger partial charge in [-0.15, -0.1) is 0 Å². The third-order valence-electron chi connectivity index (χ3n) is 2.03. The molecule has 0 bridgehead atoms. The predicted molar refractivity (Wildman–Crippen MR) is 43.4 cm³/mol. The Kier molecular flexibility index (Phi) is 1.79. The SMILES string of the molecule is [2H]C1=CN(CC)C(C)N1CC. The second-order valence-corrected chi connectivity index (χ2v) is 2.51. The molecule has 2 heteroatoms. The molecule has 0 saturated heterocycles. The largest absolute Gasteiger partial charge is 0.357 e. The lowest BCUT2D eigenvalue weighted by molar-refractivity contribution is 0.182. The van der Waals surface area contributed by atoms with Crippen LogP contribution in [0, 0.1) is 0 Å². The molecule has 0 radical (unpaired) electrons.